The molecular weight excluding hydrogens is 453 g/mol. The fourth-order valence-electron chi connectivity index (χ4n) is 4.17. The Morgan fingerprint density at radius 3 is 2.53 bits per heavy atom. The Bertz CT molecular complexity index is 1080. The van der Waals surface area contributed by atoms with Gasteiger partial charge in [0.25, 0.3) is 0 Å². The Morgan fingerprint density at radius 1 is 1.09 bits per heavy atom. The average molecular weight is 480 g/mol. The maximum atomic E-state index is 13.1. The minimum absolute atomic E-state index is 0.0300. The molecule has 10 heteroatoms. The zero-order chi connectivity index (χ0) is 22.7. The van der Waals surface area contributed by atoms with Crippen LogP contribution in [-0.4, -0.2) is 55.6 Å². The van der Waals surface area contributed by atoms with Crippen LogP contribution < -0.4 is 5.32 Å². The molecule has 172 valence electrons. The number of hydrogen-bond donors (Lipinski definition) is 1. The minimum Gasteiger partial charge on any atom is -0.355 e. The van der Waals surface area contributed by atoms with Gasteiger partial charge in [-0.3, -0.25) is 9.59 Å². The van der Waals surface area contributed by atoms with E-state index in [1.54, 1.807) is 11.3 Å². The lowest BCUT2D eigenvalue weighted by molar-refractivity contribution is -0.132. The molecule has 0 aliphatic carbocycles. The van der Waals surface area contributed by atoms with Crippen molar-refractivity contribution in [2.24, 2.45) is 5.92 Å². The summed E-state index contributed by atoms with van der Waals surface area (Å²) in [5, 5.41) is 4.88. The number of fused-ring (bicyclic) bond motifs is 1. The summed E-state index contributed by atoms with van der Waals surface area (Å²) >= 11 is 1.73. The van der Waals surface area contributed by atoms with Crippen LogP contribution in [0.25, 0.3) is 0 Å². The molecule has 1 saturated heterocycles. The fraction of sp³-hybridized carbons (Fsp3) is 0.455. The van der Waals surface area contributed by atoms with Crippen LogP contribution in [0.15, 0.2) is 40.6 Å². The molecule has 0 saturated carbocycles. The first-order valence-corrected chi connectivity index (χ1v) is 13.0. The second kappa shape index (κ2) is 9.68. The number of benzene rings is 1. The number of piperidine rings is 1. The van der Waals surface area contributed by atoms with Crippen molar-refractivity contribution in [1.82, 2.24) is 14.5 Å². The molecule has 7 nitrogen and oxygen atoms in total. The molecule has 2 aliphatic rings. The molecule has 2 aliphatic heterocycles. The normalized spacial score (nSPS) is 17.7. The molecule has 4 rings (SSSR count). The zero-order valence-corrected chi connectivity index (χ0v) is 19.3. The summed E-state index contributed by atoms with van der Waals surface area (Å²) < 4.78 is 39.8. The van der Waals surface area contributed by atoms with E-state index >= 15 is 0 Å². The third kappa shape index (κ3) is 5.02. The van der Waals surface area contributed by atoms with Crippen molar-refractivity contribution in [3.8, 4) is 0 Å². The van der Waals surface area contributed by atoms with Crippen molar-refractivity contribution in [1.29, 1.82) is 0 Å². The molecule has 0 spiro atoms. The lowest BCUT2D eigenvalue weighted by Gasteiger charge is -2.30. The number of halogens is 1. The monoisotopic (exact) mass is 479 g/mol. The molecule has 2 amide bonds. The van der Waals surface area contributed by atoms with Crippen LogP contribution in [0.3, 0.4) is 0 Å². The highest BCUT2D eigenvalue weighted by Gasteiger charge is 2.32. The van der Waals surface area contributed by atoms with Gasteiger partial charge in [0.1, 0.15) is 5.82 Å². The molecule has 2 aromatic rings. The van der Waals surface area contributed by atoms with E-state index in [9.17, 15) is 22.4 Å². The molecule has 1 N–H and O–H groups in total. The summed E-state index contributed by atoms with van der Waals surface area (Å²) in [5.41, 5.74) is 1.21. The number of carbonyl (C=O) groups excluding carboxylic acids is 2. The first-order valence-electron chi connectivity index (χ1n) is 10.7. The SMILES string of the molecule is O=C(NCCC(=O)N1CCc2sccc2C1)C1CCN(S(=O)(=O)c2ccc(F)cc2)CC1. The van der Waals surface area contributed by atoms with E-state index < -0.39 is 15.8 Å². The smallest absolute Gasteiger partial charge is 0.243 e. The third-order valence-corrected chi connectivity index (χ3v) is 9.01. The van der Waals surface area contributed by atoms with Gasteiger partial charge in [0.05, 0.1) is 4.90 Å². The molecule has 0 unspecified atom stereocenters. The molecule has 0 radical (unpaired) electrons. The number of hydrogen-bond acceptors (Lipinski definition) is 5. The Balaban J connectivity index is 1.21. The standard InChI is InChI=1S/C22H26FN3O4S2/c23-18-1-3-19(4-2-18)32(29,30)26-12-6-16(7-13-26)22(28)24-10-5-21(27)25-11-8-20-17(15-25)9-14-31-20/h1-4,9,14,16H,5-8,10-13,15H2,(H,24,28). The highest BCUT2D eigenvalue weighted by atomic mass is 32.2. The van der Waals surface area contributed by atoms with Gasteiger partial charge in [0.15, 0.2) is 0 Å². The van der Waals surface area contributed by atoms with Crippen LogP contribution in [0.5, 0.6) is 0 Å². The van der Waals surface area contributed by atoms with Crippen molar-refractivity contribution in [2.45, 2.75) is 37.1 Å². The summed E-state index contributed by atoms with van der Waals surface area (Å²) in [6, 6.07) is 6.81. The summed E-state index contributed by atoms with van der Waals surface area (Å²) in [4.78, 5) is 28.2. The van der Waals surface area contributed by atoms with Gasteiger partial charge in [-0.25, -0.2) is 12.8 Å². The van der Waals surface area contributed by atoms with Crippen molar-refractivity contribution in [3.05, 3.63) is 52.0 Å². The Hall–Kier alpha value is -2.30. The van der Waals surface area contributed by atoms with Crippen molar-refractivity contribution in [2.75, 3.05) is 26.2 Å². The predicted molar refractivity (Wildman–Crippen MR) is 119 cm³/mol. The van der Waals surface area contributed by atoms with Crippen LogP contribution in [-0.2, 0) is 32.6 Å². The summed E-state index contributed by atoms with van der Waals surface area (Å²) in [6.45, 7) is 2.08. The van der Waals surface area contributed by atoms with Gasteiger partial charge in [-0.1, -0.05) is 0 Å². The van der Waals surface area contributed by atoms with E-state index in [1.807, 2.05) is 4.90 Å². The van der Waals surface area contributed by atoms with Gasteiger partial charge < -0.3 is 10.2 Å². The van der Waals surface area contributed by atoms with E-state index in [4.69, 9.17) is 0 Å². The van der Waals surface area contributed by atoms with E-state index in [0.717, 1.165) is 18.6 Å². The number of amides is 2. The van der Waals surface area contributed by atoms with Gasteiger partial charge in [0.2, 0.25) is 21.8 Å². The van der Waals surface area contributed by atoms with Gasteiger partial charge in [-0.2, -0.15) is 4.31 Å². The van der Waals surface area contributed by atoms with Gasteiger partial charge >= 0.3 is 0 Å². The van der Waals surface area contributed by atoms with Gasteiger partial charge in [-0.15, -0.1) is 11.3 Å². The number of sulfonamides is 1. The zero-order valence-electron chi connectivity index (χ0n) is 17.6. The topological polar surface area (TPSA) is 86.8 Å². The maximum Gasteiger partial charge on any atom is 0.243 e. The number of carbonyl (C=O) groups is 2. The van der Waals surface area contributed by atoms with Crippen molar-refractivity contribution >= 4 is 33.2 Å². The summed E-state index contributed by atoms with van der Waals surface area (Å²) in [5.74, 6) is -0.889. The quantitative estimate of drug-likeness (QED) is 0.689. The molecule has 3 heterocycles. The molecule has 0 atom stereocenters. The predicted octanol–water partition coefficient (Wildman–Crippen LogP) is 2.38. The van der Waals surface area contributed by atoms with Crippen molar-refractivity contribution < 1.29 is 22.4 Å². The first-order chi connectivity index (χ1) is 15.3. The van der Waals surface area contributed by atoms with Gasteiger partial charge in [0, 0.05) is 49.9 Å². The minimum atomic E-state index is -3.70. The molecule has 1 aromatic carbocycles. The largest absolute Gasteiger partial charge is 0.355 e. The molecule has 32 heavy (non-hydrogen) atoms. The highest BCUT2D eigenvalue weighted by Crippen LogP contribution is 2.25. The van der Waals surface area contributed by atoms with Crippen molar-refractivity contribution in [3.63, 3.8) is 0 Å². The van der Waals surface area contributed by atoms with E-state index in [2.05, 4.69) is 16.8 Å². The maximum absolute atomic E-state index is 13.1. The van der Waals surface area contributed by atoms with Crippen LogP contribution in [0, 0.1) is 11.7 Å². The van der Waals surface area contributed by atoms with Crippen LogP contribution in [0.1, 0.15) is 29.7 Å². The summed E-state index contributed by atoms with van der Waals surface area (Å²) in [6.07, 6.45) is 1.95. The fourth-order valence-corrected chi connectivity index (χ4v) is 6.53. The van der Waals surface area contributed by atoms with E-state index in [1.165, 1.54) is 26.9 Å². The van der Waals surface area contributed by atoms with Crippen LogP contribution in [0.4, 0.5) is 4.39 Å². The number of thiophene rings is 1. The number of nitrogens with zero attached hydrogens (tertiary/aromatic N) is 2. The lowest BCUT2D eigenvalue weighted by Crippen LogP contribution is -2.43. The second-order valence-corrected chi connectivity index (χ2v) is 11.0. The number of nitrogens with one attached hydrogen (secondary N) is 1. The molecular formula is C22H26FN3O4S2. The average Bonchev–Trinajstić information content (AvgIpc) is 3.27. The Labute approximate surface area is 191 Å². The molecule has 0 bridgehead atoms. The highest BCUT2D eigenvalue weighted by molar-refractivity contribution is 7.89. The Morgan fingerprint density at radius 2 is 1.81 bits per heavy atom. The van der Waals surface area contributed by atoms with E-state index in [0.29, 0.717) is 25.9 Å². The molecule has 1 fully saturated rings. The van der Waals surface area contributed by atoms with Crippen LogP contribution >= 0.6 is 11.3 Å². The second-order valence-electron chi connectivity index (χ2n) is 8.11. The molecule has 1 aromatic heterocycles. The van der Waals surface area contributed by atoms with Crippen LogP contribution in [0.2, 0.25) is 0 Å². The Kier molecular flexibility index (Phi) is 6.92. The van der Waals surface area contributed by atoms with E-state index in [-0.39, 0.29) is 48.7 Å². The number of rotatable bonds is 6. The van der Waals surface area contributed by atoms with Gasteiger partial charge in [-0.05, 0) is 60.5 Å². The first kappa shape index (κ1) is 22.9. The lowest BCUT2D eigenvalue weighted by atomic mass is 9.97. The summed E-state index contributed by atoms with van der Waals surface area (Å²) in [7, 11) is -3.70. The third-order valence-electron chi connectivity index (χ3n) is 6.07.